The Morgan fingerprint density at radius 1 is 1.73 bits per heavy atom. The summed E-state index contributed by atoms with van der Waals surface area (Å²) in [5, 5.41) is 2.20. The summed E-state index contributed by atoms with van der Waals surface area (Å²) < 4.78 is 4.55. The molecule has 0 N–H and O–H groups in total. The molecule has 0 unspecified atom stereocenters. The van der Waals surface area contributed by atoms with Gasteiger partial charge in [-0.05, 0) is 26.1 Å². The molecule has 3 nitrogen and oxygen atoms in total. The number of ether oxygens (including phenoxy) is 1. The Labute approximate surface area is 71.5 Å². The number of isothiocyanates is 1. The quantitative estimate of drug-likeness (QED) is 0.366. The van der Waals surface area contributed by atoms with Crippen molar-refractivity contribution in [3.8, 4) is 0 Å². The summed E-state index contributed by atoms with van der Waals surface area (Å²) in [5.74, 6) is -0.286. The number of esters is 1. The summed E-state index contributed by atoms with van der Waals surface area (Å²) in [7, 11) is 1.35. The normalized spacial score (nSPS) is 10.1. The zero-order valence-electron chi connectivity index (χ0n) is 6.88. The monoisotopic (exact) mass is 173 g/mol. The molecule has 4 heteroatoms. The molecule has 0 atom stereocenters. The first-order chi connectivity index (χ1) is 5.04. The molecule has 0 aromatic heterocycles. The highest BCUT2D eigenvalue weighted by atomic mass is 32.1. The van der Waals surface area contributed by atoms with Crippen molar-refractivity contribution in [2.45, 2.75) is 13.8 Å². The van der Waals surface area contributed by atoms with Crippen LogP contribution < -0.4 is 0 Å². The van der Waals surface area contributed by atoms with Crippen LogP contribution in [0.4, 0.5) is 0 Å². The van der Waals surface area contributed by atoms with Crippen molar-refractivity contribution in [1.29, 1.82) is 0 Å². The molecule has 0 spiro atoms. The van der Waals surface area contributed by atoms with E-state index >= 15 is 0 Å². The van der Waals surface area contributed by atoms with Gasteiger partial charge in [-0.2, -0.15) is 0 Å². The molecule has 0 saturated heterocycles. The average Bonchev–Trinajstić information content (AvgIpc) is 1.99. The molecule has 0 saturated carbocycles. The molecule has 0 aliphatic rings. The molecule has 0 aliphatic carbocycles. The van der Waals surface area contributed by atoms with Gasteiger partial charge in [-0.25, -0.2) is 4.99 Å². The number of hydrogen-bond donors (Lipinski definition) is 0. The lowest BCUT2D eigenvalue weighted by Crippen LogP contribution is -2.28. The fourth-order valence-corrected chi connectivity index (χ4v) is 0.635. The van der Waals surface area contributed by atoms with Gasteiger partial charge in [0, 0.05) is 0 Å². The standard InChI is InChI=1S/C7H11NO2S/c1-7(2,4-8-5-11)6(9)10-3/h4H2,1-3H3. The molecule has 0 aromatic carbocycles. The smallest absolute Gasteiger partial charge is 0.313 e. The summed E-state index contributed by atoms with van der Waals surface area (Å²) in [6, 6.07) is 0. The Bertz CT molecular complexity index is 195. The highest BCUT2D eigenvalue weighted by Gasteiger charge is 2.27. The van der Waals surface area contributed by atoms with Crippen molar-refractivity contribution in [2.24, 2.45) is 10.4 Å². The van der Waals surface area contributed by atoms with E-state index in [1.807, 2.05) is 0 Å². The van der Waals surface area contributed by atoms with Gasteiger partial charge in [0.25, 0.3) is 0 Å². The molecule has 0 heterocycles. The number of carbonyl (C=O) groups excluding carboxylic acids is 1. The van der Waals surface area contributed by atoms with Crippen molar-refractivity contribution in [3.63, 3.8) is 0 Å². The van der Waals surface area contributed by atoms with Gasteiger partial charge in [-0.1, -0.05) is 0 Å². The highest BCUT2D eigenvalue weighted by Crippen LogP contribution is 2.16. The lowest BCUT2D eigenvalue weighted by molar-refractivity contribution is -0.150. The van der Waals surface area contributed by atoms with Crippen LogP contribution in [0.3, 0.4) is 0 Å². The number of methoxy groups -OCH3 is 1. The van der Waals surface area contributed by atoms with Crippen LogP contribution in [0.25, 0.3) is 0 Å². The van der Waals surface area contributed by atoms with Crippen LogP contribution in [0.1, 0.15) is 13.8 Å². The minimum Gasteiger partial charge on any atom is -0.469 e. The maximum absolute atomic E-state index is 11.0. The fraction of sp³-hybridized carbons (Fsp3) is 0.714. The number of rotatable bonds is 3. The molecule has 0 amide bonds. The van der Waals surface area contributed by atoms with E-state index in [1.165, 1.54) is 7.11 Å². The molecule has 0 aromatic rings. The second-order valence-electron chi connectivity index (χ2n) is 2.78. The zero-order valence-corrected chi connectivity index (χ0v) is 7.70. The highest BCUT2D eigenvalue weighted by molar-refractivity contribution is 7.78. The Balaban J connectivity index is 4.20. The molecule has 62 valence electrons. The van der Waals surface area contributed by atoms with Gasteiger partial charge in [0.1, 0.15) is 0 Å². The van der Waals surface area contributed by atoms with Gasteiger partial charge >= 0.3 is 5.97 Å². The first-order valence-corrected chi connectivity index (χ1v) is 3.57. The Morgan fingerprint density at radius 3 is 2.64 bits per heavy atom. The van der Waals surface area contributed by atoms with Crippen LogP contribution in [0.5, 0.6) is 0 Å². The van der Waals surface area contributed by atoms with E-state index in [0.717, 1.165) is 0 Å². The van der Waals surface area contributed by atoms with Crippen molar-refractivity contribution >= 4 is 23.3 Å². The number of thiocarbonyl (C=S) groups is 1. The molecule has 0 aliphatic heterocycles. The molecular weight excluding hydrogens is 162 g/mol. The summed E-state index contributed by atoms with van der Waals surface area (Å²) in [6.07, 6.45) is 0. The van der Waals surface area contributed by atoms with Crippen molar-refractivity contribution in [3.05, 3.63) is 0 Å². The van der Waals surface area contributed by atoms with Gasteiger partial charge < -0.3 is 4.74 Å². The SMILES string of the molecule is COC(=O)C(C)(C)CN=C=S. The largest absolute Gasteiger partial charge is 0.469 e. The lowest BCUT2D eigenvalue weighted by atomic mass is 9.94. The van der Waals surface area contributed by atoms with E-state index in [-0.39, 0.29) is 5.97 Å². The predicted molar refractivity (Wildman–Crippen MR) is 45.7 cm³/mol. The first kappa shape index (κ1) is 10.3. The Morgan fingerprint density at radius 2 is 2.27 bits per heavy atom. The fourth-order valence-electron chi connectivity index (χ4n) is 0.571. The van der Waals surface area contributed by atoms with E-state index in [2.05, 4.69) is 27.1 Å². The Kier molecular flexibility index (Phi) is 3.93. The third-order valence-corrected chi connectivity index (χ3v) is 1.41. The predicted octanol–water partition coefficient (Wildman–Crippen LogP) is 1.29. The third kappa shape index (κ3) is 3.25. The molecule has 0 bridgehead atoms. The molecular formula is C7H11NO2S. The van der Waals surface area contributed by atoms with Crippen LogP contribution in [0.15, 0.2) is 4.99 Å². The summed E-state index contributed by atoms with van der Waals surface area (Å²) >= 11 is 4.37. The lowest BCUT2D eigenvalue weighted by Gasteiger charge is -2.17. The first-order valence-electron chi connectivity index (χ1n) is 3.16. The van der Waals surface area contributed by atoms with Crippen molar-refractivity contribution < 1.29 is 9.53 Å². The second-order valence-corrected chi connectivity index (χ2v) is 2.97. The topological polar surface area (TPSA) is 38.7 Å². The van der Waals surface area contributed by atoms with Gasteiger partial charge in [0.15, 0.2) is 0 Å². The Hall–Kier alpha value is -0.730. The number of nitrogens with zero attached hydrogens (tertiary/aromatic N) is 1. The van der Waals surface area contributed by atoms with Crippen LogP contribution in [0.2, 0.25) is 0 Å². The molecule has 11 heavy (non-hydrogen) atoms. The maximum Gasteiger partial charge on any atom is 0.313 e. The van der Waals surface area contributed by atoms with E-state index in [0.29, 0.717) is 6.54 Å². The average molecular weight is 173 g/mol. The molecule has 0 rings (SSSR count). The van der Waals surface area contributed by atoms with Gasteiger partial charge in [-0.15, -0.1) is 0 Å². The van der Waals surface area contributed by atoms with Gasteiger partial charge in [0.05, 0.1) is 24.2 Å². The van der Waals surface area contributed by atoms with E-state index < -0.39 is 5.41 Å². The number of carbonyl (C=O) groups is 1. The maximum atomic E-state index is 11.0. The molecule has 0 fully saturated rings. The van der Waals surface area contributed by atoms with E-state index in [1.54, 1.807) is 13.8 Å². The summed E-state index contributed by atoms with van der Waals surface area (Å²) in [5.41, 5.74) is -0.597. The second kappa shape index (κ2) is 4.21. The van der Waals surface area contributed by atoms with Crippen LogP contribution in [0, 0.1) is 5.41 Å². The number of hydrogen-bond acceptors (Lipinski definition) is 4. The van der Waals surface area contributed by atoms with Crippen LogP contribution in [-0.2, 0) is 9.53 Å². The molecule has 0 radical (unpaired) electrons. The van der Waals surface area contributed by atoms with Crippen molar-refractivity contribution in [2.75, 3.05) is 13.7 Å². The summed E-state index contributed by atoms with van der Waals surface area (Å²) in [4.78, 5) is 14.7. The van der Waals surface area contributed by atoms with Crippen LogP contribution in [-0.4, -0.2) is 24.8 Å². The number of aliphatic imine (C=N–C) groups is 1. The minimum atomic E-state index is -0.597. The van der Waals surface area contributed by atoms with Crippen LogP contribution >= 0.6 is 12.2 Å². The van der Waals surface area contributed by atoms with Gasteiger partial charge in [0.2, 0.25) is 0 Å². The van der Waals surface area contributed by atoms with E-state index in [9.17, 15) is 4.79 Å². The zero-order chi connectivity index (χ0) is 8.91. The third-order valence-electron chi connectivity index (χ3n) is 1.28. The minimum absolute atomic E-state index is 0.286. The van der Waals surface area contributed by atoms with Gasteiger partial charge in [-0.3, -0.25) is 4.79 Å². The summed E-state index contributed by atoms with van der Waals surface area (Å²) in [6.45, 7) is 3.81. The van der Waals surface area contributed by atoms with Crippen molar-refractivity contribution in [1.82, 2.24) is 0 Å². The van der Waals surface area contributed by atoms with E-state index in [4.69, 9.17) is 0 Å².